The van der Waals surface area contributed by atoms with Gasteiger partial charge in [0.15, 0.2) is 5.82 Å². The number of hydrogen-bond donors (Lipinski definition) is 3. The summed E-state index contributed by atoms with van der Waals surface area (Å²) in [4.78, 5) is 22.7. The van der Waals surface area contributed by atoms with Crippen LogP contribution in [0.1, 0.15) is 25.7 Å². The fourth-order valence-corrected chi connectivity index (χ4v) is 2.53. The van der Waals surface area contributed by atoms with Gasteiger partial charge in [0.05, 0.1) is 22.7 Å². The standard InChI is InChI=1S/C13H13ClF2N2O3/c14-8-4-7(15)5-9(16)11(8)17-12(21)18-13(2-1-3-13)6-10(19)20/h4-5H,1-3,6H2,(H,19,20)(H2,17,18,21). The quantitative estimate of drug-likeness (QED) is 0.798. The van der Waals surface area contributed by atoms with E-state index in [1.165, 1.54) is 0 Å². The molecule has 3 N–H and O–H groups in total. The van der Waals surface area contributed by atoms with Crippen molar-refractivity contribution in [3.63, 3.8) is 0 Å². The highest BCUT2D eigenvalue weighted by molar-refractivity contribution is 6.33. The van der Waals surface area contributed by atoms with Crippen LogP contribution in [0.4, 0.5) is 19.3 Å². The summed E-state index contributed by atoms with van der Waals surface area (Å²) in [5.41, 5.74) is -1.17. The van der Waals surface area contributed by atoms with Crippen LogP contribution >= 0.6 is 11.6 Å². The molecule has 5 nitrogen and oxygen atoms in total. The third-order valence-corrected chi connectivity index (χ3v) is 3.72. The summed E-state index contributed by atoms with van der Waals surface area (Å²) in [6, 6.07) is 0.692. The Morgan fingerprint density at radius 3 is 2.48 bits per heavy atom. The van der Waals surface area contributed by atoms with Gasteiger partial charge in [-0.1, -0.05) is 11.6 Å². The lowest BCUT2D eigenvalue weighted by Gasteiger charge is -2.41. The van der Waals surface area contributed by atoms with Crippen molar-refractivity contribution in [3.8, 4) is 0 Å². The van der Waals surface area contributed by atoms with Crippen LogP contribution in [0.5, 0.6) is 0 Å². The van der Waals surface area contributed by atoms with Crippen LogP contribution in [-0.2, 0) is 4.79 Å². The van der Waals surface area contributed by atoms with Gasteiger partial charge in [0.1, 0.15) is 5.82 Å². The molecular weight excluding hydrogens is 306 g/mol. The number of carbonyl (C=O) groups is 2. The van der Waals surface area contributed by atoms with E-state index in [0.29, 0.717) is 18.9 Å². The fraction of sp³-hybridized carbons (Fsp3) is 0.385. The first-order chi connectivity index (χ1) is 9.81. The summed E-state index contributed by atoms with van der Waals surface area (Å²) in [5.74, 6) is -2.89. The third kappa shape index (κ3) is 3.60. The molecule has 21 heavy (non-hydrogen) atoms. The highest BCUT2D eigenvalue weighted by Crippen LogP contribution is 2.35. The van der Waals surface area contributed by atoms with Gasteiger partial charge in [0, 0.05) is 6.07 Å². The Bertz CT molecular complexity index is 568. The third-order valence-electron chi connectivity index (χ3n) is 3.42. The van der Waals surface area contributed by atoms with Crippen LogP contribution in [0, 0.1) is 11.6 Å². The fourth-order valence-electron chi connectivity index (χ4n) is 2.29. The number of aliphatic carboxylic acids is 1. The molecule has 0 atom stereocenters. The Hall–Kier alpha value is -1.89. The van der Waals surface area contributed by atoms with Gasteiger partial charge in [-0.2, -0.15) is 0 Å². The summed E-state index contributed by atoms with van der Waals surface area (Å²) < 4.78 is 26.5. The van der Waals surface area contributed by atoms with Gasteiger partial charge in [-0.05, 0) is 25.3 Å². The Kier molecular flexibility index (Phi) is 4.32. The molecule has 0 saturated heterocycles. The molecule has 2 rings (SSSR count). The molecule has 114 valence electrons. The molecule has 1 aromatic carbocycles. The van der Waals surface area contributed by atoms with E-state index < -0.39 is 29.2 Å². The predicted molar refractivity (Wildman–Crippen MR) is 72.4 cm³/mol. The van der Waals surface area contributed by atoms with Crippen LogP contribution in [0.25, 0.3) is 0 Å². The average Bonchev–Trinajstić information content (AvgIpc) is 2.30. The SMILES string of the molecule is O=C(O)CC1(NC(=O)Nc2c(F)cc(F)cc2Cl)CCC1. The van der Waals surface area contributed by atoms with E-state index >= 15 is 0 Å². The Balaban J connectivity index is 2.07. The first kappa shape index (κ1) is 15.5. The predicted octanol–water partition coefficient (Wildman–Crippen LogP) is 3.14. The molecule has 0 heterocycles. The van der Waals surface area contributed by atoms with Crippen LogP contribution in [0.3, 0.4) is 0 Å². The second kappa shape index (κ2) is 5.85. The van der Waals surface area contributed by atoms with Gasteiger partial charge in [-0.15, -0.1) is 0 Å². The molecule has 8 heteroatoms. The maximum Gasteiger partial charge on any atom is 0.319 e. The zero-order valence-corrected chi connectivity index (χ0v) is 11.6. The zero-order valence-electron chi connectivity index (χ0n) is 10.9. The van der Waals surface area contributed by atoms with Crippen LogP contribution in [-0.4, -0.2) is 22.6 Å². The molecule has 0 unspecified atom stereocenters. The molecule has 0 spiro atoms. The summed E-state index contributed by atoms with van der Waals surface area (Å²) in [5, 5.41) is 13.3. The van der Waals surface area contributed by atoms with E-state index in [2.05, 4.69) is 10.6 Å². The van der Waals surface area contributed by atoms with E-state index in [-0.39, 0.29) is 17.1 Å². The molecule has 1 aliphatic carbocycles. The number of carboxylic acid groups (broad SMARTS) is 1. The van der Waals surface area contributed by atoms with Crippen molar-refractivity contribution in [2.24, 2.45) is 0 Å². The first-order valence-corrected chi connectivity index (χ1v) is 6.65. The number of amides is 2. The zero-order chi connectivity index (χ0) is 15.6. The minimum absolute atomic E-state index is 0.208. The van der Waals surface area contributed by atoms with Crippen LogP contribution < -0.4 is 10.6 Å². The summed E-state index contributed by atoms with van der Waals surface area (Å²) in [7, 11) is 0. The normalized spacial score (nSPS) is 16.0. The minimum Gasteiger partial charge on any atom is -0.481 e. The molecule has 2 amide bonds. The second-order valence-corrected chi connectivity index (χ2v) is 5.44. The number of rotatable bonds is 4. The number of urea groups is 1. The molecule has 0 bridgehead atoms. The molecule has 1 aliphatic rings. The number of carbonyl (C=O) groups excluding carboxylic acids is 1. The van der Waals surface area contributed by atoms with Crippen LogP contribution in [0.2, 0.25) is 5.02 Å². The molecule has 0 aliphatic heterocycles. The molecule has 0 radical (unpaired) electrons. The van der Waals surface area contributed by atoms with Crippen molar-refractivity contribution in [1.29, 1.82) is 0 Å². The van der Waals surface area contributed by atoms with Gasteiger partial charge < -0.3 is 15.7 Å². The van der Waals surface area contributed by atoms with Gasteiger partial charge in [-0.25, -0.2) is 13.6 Å². The maximum atomic E-state index is 13.5. The van der Waals surface area contributed by atoms with Crippen molar-refractivity contribution >= 4 is 29.3 Å². The van der Waals surface area contributed by atoms with Crippen LogP contribution in [0.15, 0.2) is 12.1 Å². The lowest BCUT2D eigenvalue weighted by molar-refractivity contribution is -0.139. The monoisotopic (exact) mass is 318 g/mol. The number of nitrogens with one attached hydrogen (secondary N) is 2. The van der Waals surface area contributed by atoms with Gasteiger partial charge >= 0.3 is 12.0 Å². The number of carboxylic acids is 1. The van der Waals surface area contributed by atoms with Crippen molar-refractivity contribution in [2.75, 3.05) is 5.32 Å². The van der Waals surface area contributed by atoms with E-state index in [0.717, 1.165) is 12.5 Å². The van der Waals surface area contributed by atoms with Crippen molar-refractivity contribution in [2.45, 2.75) is 31.2 Å². The van der Waals surface area contributed by atoms with E-state index in [9.17, 15) is 18.4 Å². The highest BCUT2D eigenvalue weighted by atomic mass is 35.5. The Morgan fingerprint density at radius 1 is 1.33 bits per heavy atom. The number of benzene rings is 1. The summed E-state index contributed by atoms with van der Waals surface area (Å²) in [6.07, 6.45) is 1.66. The lowest BCUT2D eigenvalue weighted by Crippen LogP contribution is -2.55. The molecule has 1 aromatic rings. The largest absolute Gasteiger partial charge is 0.481 e. The van der Waals surface area contributed by atoms with Gasteiger partial charge in [0.2, 0.25) is 0 Å². The molecule has 1 fully saturated rings. The maximum absolute atomic E-state index is 13.5. The van der Waals surface area contributed by atoms with Crippen molar-refractivity contribution in [3.05, 3.63) is 28.8 Å². The lowest BCUT2D eigenvalue weighted by atomic mass is 9.74. The Morgan fingerprint density at radius 2 is 2.00 bits per heavy atom. The van der Waals surface area contributed by atoms with Crippen molar-refractivity contribution < 1.29 is 23.5 Å². The van der Waals surface area contributed by atoms with E-state index in [4.69, 9.17) is 16.7 Å². The topological polar surface area (TPSA) is 78.4 Å². The molecular formula is C13H13ClF2N2O3. The molecule has 0 aromatic heterocycles. The van der Waals surface area contributed by atoms with E-state index in [1.54, 1.807) is 0 Å². The highest BCUT2D eigenvalue weighted by Gasteiger charge is 2.40. The van der Waals surface area contributed by atoms with Crippen molar-refractivity contribution in [1.82, 2.24) is 5.32 Å². The van der Waals surface area contributed by atoms with E-state index in [1.807, 2.05) is 0 Å². The van der Waals surface area contributed by atoms with Gasteiger partial charge in [0.25, 0.3) is 0 Å². The Labute approximate surface area is 124 Å². The summed E-state index contributed by atoms with van der Waals surface area (Å²) >= 11 is 5.67. The average molecular weight is 319 g/mol. The minimum atomic E-state index is -1.03. The number of hydrogen-bond acceptors (Lipinski definition) is 2. The first-order valence-electron chi connectivity index (χ1n) is 6.27. The number of anilines is 1. The summed E-state index contributed by atoms with van der Waals surface area (Å²) in [6.45, 7) is 0. The number of halogens is 3. The smallest absolute Gasteiger partial charge is 0.319 e. The van der Waals surface area contributed by atoms with Gasteiger partial charge in [-0.3, -0.25) is 4.79 Å². The molecule has 1 saturated carbocycles. The second-order valence-electron chi connectivity index (χ2n) is 5.03.